The molecular weight excluding hydrogens is 721 g/mol. The van der Waals surface area contributed by atoms with E-state index in [0.717, 1.165) is 38.5 Å². The van der Waals surface area contributed by atoms with E-state index < -0.39 is 19.9 Å². The molecule has 9 heteroatoms. The second kappa shape index (κ2) is 44.1. The van der Waals surface area contributed by atoms with Gasteiger partial charge in [0.05, 0.1) is 19.5 Å². The first-order valence-electron chi connectivity index (χ1n) is 22.8. The van der Waals surface area contributed by atoms with Crippen LogP contribution < -0.4 is 5.73 Å². The molecule has 0 aliphatic rings. The van der Waals surface area contributed by atoms with Gasteiger partial charge in [-0.05, 0) is 63.9 Å². The van der Waals surface area contributed by atoms with Crippen molar-refractivity contribution >= 4 is 13.8 Å². The van der Waals surface area contributed by atoms with Crippen molar-refractivity contribution in [3.8, 4) is 0 Å². The van der Waals surface area contributed by atoms with Crippen molar-refractivity contribution in [3.05, 3.63) is 60.9 Å². The largest absolute Gasteiger partial charge is 0.498 e. The lowest BCUT2D eigenvalue weighted by molar-refractivity contribution is -0.153. The molecule has 0 aromatic heterocycles. The van der Waals surface area contributed by atoms with Gasteiger partial charge < -0.3 is 20.1 Å². The Morgan fingerprint density at radius 2 is 0.964 bits per heavy atom. The van der Waals surface area contributed by atoms with Crippen LogP contribution >= 0.6 is 7.82 Å². The lowest BCUT2D eigenvalue weighted by Gasteiger charge is -2.19. The summed E-state index contributed by atoms with van der Waals surface area (Å²) in [5.74, 6) is -0.406. The topological polar surface area (TPSA) is 117 Å². The van der Waals surface area contributed by atoms with Gasteiger partial charge in [-0.2, -0.15) is 0 Å². The van der Waals surface area contributed by atoms with E-state index in [9.17, 15) is 14.3 Å². The summed E-state index contributed by atoms with van der Waals surface area (Å²) >= 11 is 0. The molecule has 0 aliphatic heterocycles. The number of rotatable bonds is 43. The molecule has 0 saturated heterocycles. The van der Waals surface area contributed by atoms with Crippen molar-refractivity contribution in [1.29, 1.82) is 0 Å². The first-order valence-corrected chi connectivity index (χ1v) is 24.3. The monoisotopic (exact) mass is 808 g/mol. The predicted octanol–water partition coefficient (Wildman–Crippen LogP) is 14.1. The van der Waals surface area contributed by atoms with Crippen LogP contribution in [0, 0.1) is 0 Å². The van der Waals surface area contributed by atoms with Crippen molar-refractivity contribution < 1.29 is 32.8 Å². The zero-order chi connectivity index (χ0) is 40.9. The molecule has 1 unspecified atom stereocenters. The average Bonchev–Trinajstić information content (AvgIpc) is 3.19. The molecule has 0 aromatic rings. The number of unbranched alkanes of at least 4 members (excludes halogenated alkanes) is 22. The molecule has 0 aromatic carbocycles. The molecule has 56 heavy (non-hydrogen) atoms. The highest BCUT2D eigenvalue weighted by atomic mass is 31.2. The van der Waals surface area contributed by atoms with Gasteiger partial charge in [-0.3, -0.25) is 13.8 Å². The maximum absolute atomic E-state index is 12.6. The third-order valence-corrected chi connectivity index (χ3v) is 10.5. The first kappa shape index (κ1) is 54.0. The van der Waals surface area contributed by atoms with Crippen LogP contribution in [0.4, 0.5) is 0 Å². The van der Waals surface area contributed by atoms with Gasteiger partial charge in [-0.1, -0.05) is 184 Å². The van der Waals surface area contributed by atoms with Gasteiger partial charge in [-0.15, -0.1) is 0 Å². The van der Waals surface area contributed by atoms with Gasteiger partial charge in [0.1, 0.15) is 6.61 Å². The van der Waals surface area contributed by atoms with Gasteiger partial charge in [0.25, 0.3) is 0 Å². The third-order valence-electron chi connectivity index (χ3n) is 9.50. The molecule has 8 nitrogen and oxygen atoms in total. The Bertz CT molecular complexity index is 1040. The lowest BCUT2D eigenvalue weighted by Crippen LogP contribution is -2.27. The standard InChI is InChI=1S/C47H86NO7P/c1-3-5-7-9-11-13-15-17-19-21-22-23-24-25-26-28-30-32-34-36-38-40-47(49)55-46(45-54-56(50,51)53-43-41-48)44-52-42-39-37-35-33-31-29-27-20-18-16-14-12-10-8-6-4-2/h19,21,23-24,26,28,32,34,39,42,46H,3-18,20,22,25,27,29-31,33,35-38,40-41,43-45,48H2,1-2H3,(H,50,51)/b21-19+,24-23+,28-26+,34-32+,42-39+/t46-/m1/s1. The average molecular weight is 808 g/mol. The number of hydrogen-bond acceptors (Lipinski definition) is 7. The quantitative estimate of drug-likeness (QED) is 0.0206. The van der Waals surface area contributed by atoms with E-state index in [4.69, 9.17) is 24.3 Å². The van der Waals surface area contributed by atoms with Crippen LogP contribution in [-0.2, 0) is 27.9 Å². The van der Waals surface area contributed by atoms with E-state index in [0.29, 0.717) is 6.42 Å². The van der Waals surface area contributed by atoms with Crippen LogP contribution in [0.3, 0.4) is 0 Å². The highest BCUT2D eigenvalue weighted by molar-refractivity contribution is 7.47. The summed E-state index contributed by atoms with van der Waals surface area (Å²) in [7, 11) is -4.31. The molecule has 0 bridgehead atoms. The Kier molecular flexibility index (Phi) is 42.6. The third kappa shape index (κ3) is 43.2. The van der Waals surface area contributed by atoms with Gasteiger partial charge in [0.15, 0.2) is 6.10 Å². The summed E-state index contributed by atoms with van der Waals surface area (Å²) in [5, 5.41) is 0. The maximum Gasteiger partial charge on any atom is 0.472 e. The Labute approximate surface area is 344 Å². The number of carbonyl (C=O) groups is 1. The Morgan fingerprint density at radius 3 is 1.43 bits per heavy atom. The van der Waals surface area contributed by atoms with Crippen LogP contribution in [0.15, 0.2) is 60.9 Å². The van der Waals surface area contributed by atoms with Crippen molar-refractivity contribution in [2.75, 3.05) is 26.4 Å². The summed E-state index contributed by atoms with van der Waals surface area (Å²) < 4.78 is 33.1. The summed E-state index contributed by atoms with van der Waals surface area (Å²) in [6, 6.07) is 0. The fourth-order valence-corrected chi connectivity index (χ4v) is 6.90. The second-order valence-corrected chi connectivity index (χ2v) is 16.4. The van der Waals surface area contributed by atoms with Crippen LogP contribution in [-0.4, -0.2) is 43.3 Å². The minimum absolute atomic E-state index is 0.00923. The summed E-state index contributed by atoms with van der Waals surface area (Å²) in [6.07, 6.45) is 54.9. The number of nitrogens with two attached hydrogens (primary N) is 1. The molecule has 0 fully saturated rings. The zero-order valence-corrected chi connectivity index (χ0v) is 37.0. The molecule has 326 valence electrons. The fraction of sp³-hybridized carbons (Fsp3) is 0.766. The van der Waals surface area contributed by atoms with Gasteiger partial charge in [0.2, 0.25) is 0 Å². The van der Waals surface area contributed by atoms with Crippen LogP contribution in [0.1, 0.15) is 200 Å². The highest BCUT2D eigenvalue weighted by Gasteiger charge is 2.25. The Hall–Kier alpha value is -1.96. The summed E-state index contributed by atoms with van der Waals surface area (Å²) in [6.45, 7) is 4.18. The Balaban J connectivity index is 4.17. The van der Waals surface area contributed by atoms with E-state index in [1.54, 1.807) is 6.26 Å². The van der Waals surface area contributed by atoms with Gasteiger partial charge in [0, 0.05) is 13.0 Å². The van der Waals surface area contributed by atoms with E-state index in [1.165, 1.54) is 135 Å². The molecule has 0 saturated carbocycles. The molecule has 0 rings (SSSR count). The molecule has 0 amide bonds. The van der Waals surface area contributed by atoms with Crippen molar-refractivity contribution in [2.45, 2.75) is 206 Å². The fourth-order valence-electron chi connectivity index (χ4n) is 6.13. The van der Waals surface area contributed by atoms with Crippen LogP contribution in [0.5, 0.6) is 0 Å². The number of phosphoric ester groups is 1. The van der Waals surface area contributed by atoms with Crippen molar-refractivity contribution in [2.24, 2.45) is 5.73 Å². The number of hydrogen-bond donors (Lipinski definition) is 2. The van der Waals surface area contributed by atoms with E-state index in [2.05, 4.69) is 62.5 Å². The van der Waals surface area contributed by atoms with Gasteiger partial charge >= 0.3 is 13.8 Å². The number of ether oxygens (including phenoxy) is 2. The number of carbonyl (C=O) groups excluding carboxylic acids is 1. The number of phosphoric acid groups is 1. The van der Waals surface area contributed by atoms with E-state index >= 15 is 0 Å². The SMILES string of the molecule is CCCCCCCCC/C=C/C/C=C/C/C=C/C/C=C/CCCC(=O)O[C@H](CO/C=C/CCCCCCCCCCCCCCCC)COP(=O)(O)OCCN. The molecule has 3 N–H and O–H groups in total. The zero-order valence-electron chi connectivity index (χ0n) is 36.1. The molecule has 0 aliphatic carbocycles. The maximum atomic E-state index is 12.6. The number of allylic oxidation sites excluding steroid dienone is 9. The normalized spacial score (nSPS) is 13.9. The van der Waals surface area contributed by atoms with Crippen molar-refractivity contribution in [1.82, 2.24) is 0 Å². The molecule has 0 spiro atoms. The second-order valence-electron chi connectivity index (χ2n) is 15.0. The molecule has 0 radical (unpaired) electrons. The van der Waals surface area contributed by atoms with E-state index in [1.807, 2.05) is 6.08 Å². The number of esters is 1. The minimum atomic E-state index is -4.31. The van der Waals surface area contributed by atoms with Crippen molar-refractivity contribution in [3.63, 3.8) is 0 Å². The minimum Gasteiger partial charge on any atom is -0.498 e. The van der Waals surface area contributed by atoms with Crippen LogP contribution in [0.25, 0.3) is 0 Å². The molecular formula is C47H86NO7P. The molecule has 0 heterocycles. The summed E-state index contributed by atoms with van der Waals surface area (Å²) in [4.78, 5) is 22.5. The van der Waals surface area contributed by atoms with E-state index in [-0.39, 0.29) is 32.8 Å². The predicted molar refractivity (Wildman–Crippen MR) is 238 cm³/mol. The first-order chi connectivity index (χ1) is 27.4. The summed E-state index contributed by atoms with van der Waals surface area (Å²) in [5.41, 5.74) is 5.36. The highest BCUT2D eigenvalue weighted by Crippen LogP contribution is 2.43. The van der Waals surface area contributed by atoms with Gasteiger partial charge in [-0.25, -0.2) is 4.57 Å². The lowest BCUT2D eigenvalue weighted by atomic mass is 10.0. The van der Waals surface area contributed by atoms with Crippen LogP contribution in [0.2, 0.25) is 0 Å². The smallest absolute Gasteiger partial charge is 0.472 e. The molecule has 2 atom stereocenters. The Morgan fingerprint density at radius 1 is 0.554 bits per heavy atom.